The fourth-order valence-electron chi connectivity index (χ4n) is 3.49. The maximum atomic E-state index is 12.8. The molecule has 2 atom stereocenters. The van der Waals surface area contributed by atoms with Gasteiger partial charge in [0.25, 0.3) is 0 Å². The molecule has 0 spiro atoms. The van der Waals surface area contributed by atoms with Crippen molar-refractivity contribution < 1.29 is 4.79 Å². The maximum Gasteiger partial charge on any atom is 0.321 e. The average Bonchev–Trinajstić information content (AvgIpc) is 3.17. The number of fused-ring (bicyclic) bond motifs is 1. The first-order valence-corrected chi connectivity index (χ1v) is 8.59. The second kappa shape index (κ2) is 6.55. The number of carbonyl (C=O) groups excluding carboxylic acids is 1. The van der Waals surface area contributed by atoms with Gasteiger partial charge < -0.3 is 14.8 Å². The molecule has 1 aromatic carbocycles. The summed E-state index contributed by atoms with van der Waals surface area (Å²) in [5, 5.41) is 4.05. The summed E-state index contributed by atoms with van der Waals surface area (Å²) in [5.41, 5.74) is 1.57. The summed E-state index contributed by atoms with van der Waals surface area (Å²) in [7, 11) is 0. The third-order valence-corrected chi connectivity index (χ3v) is 4.99. The molecular formula is C19H21N5O. The monoisotopic (exact) mass is 335 g/mol. The van der Waals surface area contributed by atoms with E-state index < -0.39 is 0 Å². The lowest BCUT2D eigenvalue weighted by molar-refractivity contribution is 0.149. The number of carbonyl (C=O) groups is 1. The largest absolute Gasteiger partial charge is 0.332 e. The number of benzene rings is 1. The predicted octanol–water partition coefficient (Wildman–Crippen LogP) is 3.55. The first-order chi connectivity index (χ1) is 12.2. The normalized spacial score (nSPS) is 20.6. The SMILES string of the molecule is C[C@@H]1CCN(C(=O)Nc2cccc3cccnc23)C[C@H]1n1ccnc1. The van der Waals surface area contributed by atoms with Gasteiger partial charge in [-0.15, -0.1) is 0 Å². The minimum Gasteiger partial charge on any atom is -0.332 e. The minimum absolute atomic E-state index is 0.0739. The smallest absolute Gasteiger partial charge is 0.321 e. The second-order valence-corrected chi connectivity index (χ2v) is 6.60. The lowest BCUT2D eigenvalue weighted by atomic mass is 9.93. The molecule has 6 nitrogen and oxygen atoms in total. The molecule has 1 aliphatic rings. The van der Waals surface area contributed by atoms with Gasteiger partial charge in [0.1, 0.15) is 0 Å². The Kier molecular flexibility index (Phi) is 4.09. The van der Waals surface area contributed by atoms with Gasteiger partial charge >= 0.3 is 6.03 Å². The van der Waals surface area contributed by atoms with Crippen LogP contribution in [0.3, 0.4) is 0 Å². The van der Waals surface area contributed by atoms with Crippen molar-refractivity contribution in [3.8, 4) is 0 Å². The third-order valence-electron chi connectivity index (χ3n) is 4.99. The molecule has 0 unspecified atom stereocenters. The summed E-state index contributed by atoms with van der Waals surface area (Å²) in [4.78, 5) is 23.2. The molecular weight excluding hydrogens is 314 g/mol. The highest BCUT2D eigenvalue weighted by Gasteiger charge is 2.30. The van der Waals surface area contributed by atoms with Gasteiger partial charge in [0.2, 0.25) is 0 Å². The van der Waals surface area contributed by atoms with Gasteiger partial charge in [-0.1, -0.05) is 25.1 Å². The Morgan fingerprint density at radius 2 is 2.12 bits per heavy atom. The number of hydrogen-bond donors (Lipinski definition) is 1. The van der Waals surface area contributed by atoms with Gasteiger partial charge in [0.05, 0.1) is 23.6 Å². The van der Waals surface area contributed by atoms with Crippen LogP contribution in [-0.2, 0) is 0 Å². The van der Waals surface area contributed by atoms with Gasteiger partial charge in [0.15, 0.2) is 0 Å². The van der Waals surface area contributed by atoms with Crippen molar-refractivity contribution in [2.24, 2.45) is 5.92 Å². The van der Waals surface area contributed by atoms with Crippen LogP contribution in [0.5, 0.6) is 0 Å². The summed E-state index contributed by atoms with van der Waals surface area (Å²) in [6.45, 7) is 3.67. The van der Waals surface area contributed by atoms with Crippen molar-refractivity contribution in [3.63, 3.8) is 0 Å². The Morgan fingerprint density at radius 1 is 1.24 bits per heavy atom. The zero-order chi connectivity index (χ0) is 17.2. The van der Waals surface area contributed by atoms with Crippen LogP contribution in [0.4, 0.5) is 10.5 Å². The lowest BCUT2D eigenvalue weighted by Gasteiger charge is -2.37. The van der Waals surface area contributed by atoms with E-state index in [2.05, 4.69) is 26.8 Å². The molecule has 3 heterocycles. The molecule has 2 amide bonds. The van der Waals surface area contributed by atoms with Crippen LogP contribution in [-0.4, -0.2) is 38.6 Å². The Labute approximate surface area is 146 Å². The van der Waals surface area contributed by atoms with E-state index in [4.69, 9.17) is 0 Å². The first-order valence-electron chi connectivity index (χ1n) is 8.59. The molecule has 0 radical (unpaired) electrons. The molecule has 128 valence electrons. The molecule has 3 aromatic rings. The molecule has 4 rings (SSSR count). The van der Waals surface area contributed by atoms with Crippen molar-refractivity contribution in [1.82, 2.24) is 19.4 Å². The molecule has 1 saturated heterocycles. The van der Waals surface area contributed by atoms with Crippen LogP contribution >= 0.6 is 0 Å². The molecule has 0 aliphatic carbocycles. The number of para-hydroxylation sites is 1. The van der Waals surface area contributed by atoms with Gasteiger partial charge in [0, 0.05) is 37.1 Å². The van der Waals surface area contributed by atoms with Crippen molar-refractivity contribution in [2.45, 2.75) is 19.4 Å². The Hall–Kier alpha value is -2.89. The third kappa shape index (κ3) is 3.07. The summed E-state index contributed by atoms with van der Waals surface area (Å²) in [5.74, 6) is 0.512. The standard InChI is InChI=1S/C19H21N5O/c1-14-7-10-23(12-17(14)24-11-9-20-13-24)19(25)22-16-6-2-4-15-5-3-8-21-18(15)16/h2-6,8-9,11,13-14,17H,7,10,12H2,1H3,(H,22,25)/t14-,17-/m1/s1. The van der Waals surface area contributed by atoms with Crippen LogP contribution in [0.1, 0.15) is 19.4 Å². The number of amides is 2. The van der Waals surface area contributed by atoms with Gasteiger partial charge in [-0.3, -0.25) is 4.98 Å². The van der Waals surface area contributed by atoms with E-state index in [1.165, 1.54) is 0 Å². The Morgan fingerprint density at radius 3 is 2.96 bits per heavy atom. The van der Waals surface area contributed by atoms with E-state index in [0.717, 1.165) is 29.6 Å². The van der Waals surface area contributed by atoms with Gasteiger partial charge in [-0.05, 0) is 24.5 Å². The average molecular weight is 335 g/mol. The zero-order valence-electron chi connectivity index (χ0n) is 14.2. The fraction of sp³-hybridized carbons (Fsp3) is 0.316. The molecule has 1 aliphatic heterocycles. The van der Waals surface area contributed by atoms with Crippen molar-refractivity contribution in [2.75, 3.05) is 18.4 Å². The molecule has 0 bridgehead atoms. The number of anilines is 1. The molecule has 6 heteroatoms. The number of nitrogens with zero attached hydrogens (tertiary/aromatic N) is 4. The van der Waals surface area contributed by atoms with E-state index in [1.807, 2.05) is 47.8 Å². The van der Waals surface area contributed by atoms with E-state index in [9.17, 15) is 4.79 Å². The number of hydrogen-bond acceptors (Lipinski definition) is 3. The topological polar surface area (TPSA) is 63.1 Å². The van der Waals surface area contributed by atoms with Crippen molar-refractivity contribution >= 4 is 22.6 Å². The van der Waals surface area contributed by atoms with E-state index in [0.29, 0.717) is 12.5 Å². The lowest BCUT2D eigenvalue weighted by Crippen LogP contribution is -2.45. The van der Waals surface area contributed by atoms with Crippen LogP contribution in [0.25, 0.3) is 10.9 Å². The summed E-state index contributed by atoms with van der Waals surface area (Å²) >= 11 is 0. The van der Waals surface area contributed by atoms with Crippen LogP contribution in [0.2, 0.25) is 0 Å². The quantitative estimate of drug-likeness (QED) is 0.779. The number of urea groups is 1. The fourth-order valence-corrected chi connectivity index (χ4v) is 3.49. The first kappa shape index (κ1) is 15.6. The van der Waals surface area contributed by atoms with Gasteiger partial charge in [-0.25, -0.2) is 9.78 Å². The summed E-state index contributed by atoms with van der Waals surface area (Å²) in [6, 6.07) is 9.91. The number of aromatic nitrogens is 3. The number of rotatable bonds is 2. The zero-order valence-corrected chi connectivity index (χ0v) is 14.2. The van der Waals surface area contributed by atoms with Gasteiger partial charge in [-0.2, -0.15) is 0 Å². The number of piperidine rings is 1. The van der Waals surface area contributed by atoms with Crippen molar-refractivity contribution in [3.05, 3.63) is 55.2 Å². The molecule has 25 heavy (non-hydrogen) atoms. The molecule has 2 aromatic heterocycles. The Balaban J connectivity index is 1.53. The second-order valence-electron chi connectivity index (χ2n) is 6.60. The maximum absolute atomic E-state index is 12.8. The minimum atomic E-state index is -0.0739. The van der Waals surface area contributed by atoms with E-state index in [-0.39, 0.29) is 12.1 Å². The van der Waals surface area contributed by atoms with Crippen LogP contribution in [0, 0.1) is 5.92 Å². The summed E-state index contributed by atoms with van der Waals surface area (Å²) < 4.78 is 2.10. The molecule has 0 saturated carbocycles. The Bertz CT molecular complexity index is 871. The highest BCUT2D eigenvalue weighted by molar-refractivity contribution is 5.99. The highest BCUT2D eigenvalue weighted by atomic mass is 16.2. The number of pyridine rings is 1. The van der Waals surface area contributed by atoms with E-state index in [1.54, 1.807) is 12.4 Å². The van der Waals surface area contributed by atoms with Crippen LogP contribution < -0.4 is 5.32 Å². The number of nitrogens with one attached hydrogen (secondary N) is 1. The van der Waals surface area contributed by atoms with Crippen molar-refractivity contribution in [1.29, 1.82) is 0 Å². The van der Waals surface area contributed by atoms with E-state index >= 15 is 0 Å². The van der Waals surface area contributed by atoms with Crippen LogP contribution in [0.15, 0.2) is 55.2 Å². The molecule has 1 N–H and O–H groups in total. The molecule has 1 fully saturated rings. The number of imidazole rings is 1. The summed E-state index contributed by atoms with van der Waals surface area (Å²) in [6.07, 6.45) is 8.31. The highest BCUT2D eigenvalue weighted by Crippen LogP contribution is 2.28. The number of likely N-dealkylation sites (tertiary alicyclic amines) is 1. The predicted molar refractivity (Wildman–Crippen MR) is 97.4 cm³/mol.